The maximum Gasteiger partial charge on any atom is 0.273 e. The number of hydrogen-bond donors (Lipinski definition) is 1. The van der Waals surface area contributed by atoms with Gasteiger partial charge >= 0.3 is 0 Å². The lowest BCUT2D eigenvalue weighted by Crippen LogP contribution is -2.18. The summed E-state index contributed by atoms with van der Waals surface area (Å²) in [5.41, 5.74) is 0.233. The van der Waals surface area contributed by atoms with Gasteiger partial charge in [-0.15, -0.1) is 10.2 Å². The average Bonchev–Trinajstić information content (AvgIpc) is 3.11. The molecule has 1 aliphatic rings. The Morgan fingerprint density at radius 2 is 1.90 bits per heavy atom. The fraction of sp³-hybridized carbons (Fsp3) is 0.333. The van der Waals surface area contributed by atoms with Gasteiger partial charge < -0.3 is 0 Å². The van der Waals surface area contributed by atoms with E-state index >= 15 is 0 Å². The van der Waals surface area contributed by atoms with Crippen LogP contribution in [-0.2, 0) is 10.0 Å². The van der Waals surface area contributed by atoms with Crippen LogP contribution in [0.2, 0.25) is 0 Å². The van der Waals surface area contributed by atoms with E-state index in [0.29, 0.717) is 0 Å². The van der Waals surface area contributed by atoms with E-state index in [0.717, 1.165) is 18.9 Å². The van der Waals surface area contributed by atoms with Crippen LogP contribution in [0.5, 0.6) is 0 Å². The van der Waals surface area contributed by atoms with Gasteiger partial charge in [-0.2, -0.15) is 0 Å². The van der Waals surface area contributed by atoms with E-state index in [9.17, 15) is 17.2 Å². The highest BCUT2D eigenvalue weighted by Gasteiger charge is 2.34. The Bertz CT molecular complexity index is 828. The van der Waals surface area contributed by atoms with Crippen molar-refractivity contribution >= 4 is 10.0 Å². The van der Waals surface area contributed by atoms with Gasteiger partial charge in [0.2, 0.25) is 0 Å². The smallest absolute Gasteiger partial charge is 0.273 e. The number of primary sulfonamides is 1. The molecule has 9 heteroatoms. The number of hydrogen-bond acceptors (Lipinski definition) is 4. The van der Waals surface area contributed by atoms with E-state index < -0.39 is 26.8 Å². The van der Waals surface area contributed by atoms with Crippen LogP contribution in [0.1, 0.15) is 24.4 Å². The van der Waals surface area contributed by atoms with Gasteiger partial charge in [0.1, 0.15) is 11.6 Å². The molecule has 0 bridgehead atoms. The van der Waals surface area contributed by atoms with Crippen LogP contribution in [0, 0.1) is 18.6 Å². The normalized spacial score (nSPS) is 15.4. The van der Waals surface area contributed by atoms with Crippen LogP contribution >= 0.6 is 0 Å². The van der Waals surface area contributed by atoms with E-state index in [1.165, 1.54) is 17.6 Å². The summed E-state index contributed by atoms with van der Waals surface area (Å²) in [6.07, 6.45) is 1.46. The van der Waals surface area contributed by atoms with Gasteiger partial charge in [-0.3, -0.25) is 4.57 Å². The molecule has 0 unspecified atom stereocenters. The lowest BCUT2D eigenvalue weighted by atomic mass is 10.1. The Kier molecular flexibility index (Phi) is 3.06. The number of sulfonamides is 1. The minimum absolute atomic E-state index is 0.00296. The number of rotatable bonds is 3. The van der Waals surface area contributed by atoms with E-state index in [-0.39, 0.29) is 23.0 Å². The molecule has 0 amide bonds. The van der Waals surface area contributed by atoms with Crippen molar-refractivity contribution in [1.29, 1.82) is 0 Å². The number of aryl methyl sites for hydroxylation is 1. The molecule has 1 aromatic carbocycles. The predicted octanol–water partition coefficient (Wildman–Crippen LogP) is 1.51. The predicted molar refractivity (Wildman–Crippen MR) is 69.8 cm³/mol. The number of halogens is 2. The van der Waals surface area contributed by atoms with Crippen LogP contribution in [0.4, 0.5) is 8.78 Å². The summed E-state index contributed by atoms with van der Waals surface area (Å²) in [5, 5.41) is 12.0. The average molecular weight is 314 g/mol. The first kappa shape index (κ1) is 14.1. The minimum atomic E-state index is -4.06. The quantitative estimate of drug-likeness (QED) is 0.929. The number of nitrogens with zero attached hydrogens (tertiary/aromatic N) is 3. The highest BCUT2D eigenvalue weighted by molar-refractivity contribution is 7.89. The minimum Gasteiger partial charge on any atom is -0.294 e. The Morgan fingerprint density at radius 3 is 2.48 bits per heavy atom. The van der Waals surface area contributed by atoms with Gasteiger partial charge in [-0.1, -0.05) is 0 Å². The Morgan fingerprint density at radius 1 is 1.24 bits per heavy atom. The summed E-state index contributed by atoms with van der Waals surface area (Å²) < 4.78 is 51.7. The number of benzene rings is 1. The summed E-state index contributed by atoms with van der Waals surface area (Å²) in [6, 6.07) is 1.89. The van der Waals surface area contributed by atoms with Gasteiger partial charge in [0.15, 0.2) is 5.82 Å². The van der Waals surface area contributed by atoms with Crippen molar-refractivity contribution in [3.05, 3.63) is 29.3 Å². The fourth-order valence-corrected chi connectivity index (χ4v) is 2.81. The fourth-order valence-electron chi connectivity index (χ4n) is 2.15. The van der Waals surface area contributed by atoms with E-state index in [4.69, 9.17) is 5.14 Å². The Hall–Kier alpha value is -1.87. The zero-order chi connectivity index (χ0) is 15.4. The zero-order valence-corrected chi connectivity index (χ0v) is 11.9. The molecule has 1 aliphatic carbocycles. The molecule has 2 N–H and O–H groups in total. The van der Waals surface area contributed by atoms with Crippen molar-refractivity contribution in [1.82, 2.24) is 14.8 Å². The van der Waals surface area contributed by atoms with Crippen LogP contribution in [0.25, 0.3) is 11.4 Å². The zero-order valence-electron chi connectivity index (χ0n) is 11.0. The molecular weight excluding hydrogens is 302 g/mol. The number of aromatic nitrogens is 3. The highest BCUT2D eigenvalue weighted by atomic mass is 32.2. The van der Waals surface area contributed by atoms with Crippen molar-refractivity contribution in [2.45, 2.75) is 31.0 Å². The Labute approximate surface area is 119 Å². The van der Waals surface area contributed by atoms with Gasteiger partial charge in [0, 0.05) is 12.1 Å². The third-order valence-corrected chi connectivity index (χ3v) is 4.11. The molecule has 0 spiro atoms. The third-order valence-electron chi connectivity index (χ3n) is 3.32. The summed E-state index contributed by atoms with van der Waals surface area (Å²) in [4.78, 5) is 0. The third kappa shape index (κ3) is 2.42. The second kappa shape index (κ2) is 4.57. The SMILES string of the molecule is Cc1cc(-c2nnc(S(N)(=O)=O)n2C2CC2)c(F)cc1F. The monoisotopic (exact) mass is 314 g/mol. The molecule has 21 heavy (non-hydrogen) atoms. The van der Waals surface area contributed by atoms with Crippen molar-refractivity contribution in [3.63, 3.8) is 0 Å². The molecule has 2 aromatic rings. The molecule has 1 fully saturated rings. The topological polar surface area (TPSA) is 90.9 Å². The summed E-state index contributed by atoms with van der Waals surface area (Å²) >= 11 is 0. The van der Waals surface area contributed by atoms with E-state index in [2.05, 4.69) is 10.2 Å². The summed E-state index contributed by atoms with van der Waals surface area (Å²) in [7, 11) is -4.06. The second-order valence-corrected chi connectivity index (χ2v) is 6.49. The van der Waals surface area contributed by atoms with Crippen molar-refractivity contribution in [2.75, 3.05) is 0 Å². The Balaban J connectivity index is 2.25. The molecule has 112 valence electrons. The molecule has 6 nitrogen and oxygen atoms in total. The largest absolute Gasteiger partial charge is 0.294 e. The maximum atomic E-state index is 14.0. The summed E-state index contributed by atoms with van der Waals surface area (Å²) in [5.74, 6) is -1.46. The van der Waals surface area contributed by atoms with Crippen LogP contribution in [0.3, 0.4) is 0 Å². The number of nitrogens with two attached hydrogens (primary N) is 1. The second-order valence-electron chi connectivity index (χ2n) is 5.03. The standard InChI is InChI=1S/C12H12F2N4O2S/c1-6-4-8(10(14)5-9(6)13)11-16-17-12(21(15,19)20)18(11)7-2-3-7/h4-5,7H,2-3H2,1H3,(H2,15,19,20). The lowest BCUT2D eigenvalue weighted by Gasteiger charge is -2.09. The van der Waals surface area contributed by atoms with E-state index in [1.807, 2.05) is 0 Å². The molecule has 3 rings (SSSR count). The van der Waals surface area contributed by atoms with Crippen molar-refractivity contribution < 1.29 is 17.2 Å². The van der Waals surface area contributed by atoms with Crippen LogP contribution in [0.15, 0.2) is 17.3 Å². The molecule has 0 radical (unpaired) electrons. The van der Waals surface area contributed by atoms with E-state index in [1.54, 1.807) is 0 Å². The maximum absolute atomic E-state index is 14.0. The van der Waals surface area contributed by atoms with Gasteiger partial charge in [0.05, 0.1) is 5.56 Å². The highest BCUT2D eigenvalue weighted by Crippen LogP contribution is 2.40. The first-order valence-corrected chi connectivity index (χ1v) is 7.77. The molecule has 0 saturated heterocycles. The van der Waals surface area contributed by atoms with Crippen molar-refractivity contribution in [2.24, 2.45) is 5.14 Å². The van der Waals surface area contributed by atoms with Gasteiger partial charge in [-0.05, 0) is 31.4 Å². The van der Waals surface area contributed by atoms with Crippen molar-refractivity contribution in [3.8, 4) is 11.4 Å². The van der Waals surface area contributed by atoms with Gasteiger partial charge in [0.25, 0.3) is 15.2 Å². The summed E-state index contributed by atoms with van der Waals surface area (Å²) in [6.45, 7) is 1.48. The first-order valence-electron chi connectivity index (χ1n) is 6.22. The lowest BCUT2D eigenvalue weighted by molar-refractivity contribution is 0.563. The van der Waals surface area contributed by atoms with Crippen LogP contribution in [-0.4, -0.2) is 23.2 Å². The molecule has 0 atom stereocenters. The molecule has 1 heterocycles. The van der Waals surface area contributed by atoms with Gasteiger partial charge in [-0.25, -0.2) is 22.3 Å². The molecule has 1 saturated carbocycles. The molecular formula is C12H12F2N4O2S. The molecule has 1 aromatic heterocycles. The van der Waals surface area contributed by atoms with Crippen LogP contribution < -0.4 is 5.14 Å². The molecule has 0 aliphatic heterocycles. The first-order chi connectivity index (χ1) is 9.79.